The summed E-state index contributed by atoms with van der Waals surface area (Å²) in [5.41, 5.74) is 1.48. The van der Waals surface area contributed by atoms with Gasteiger partial charge in [0.05, 0.1) is 16.1 Å². The zero-order valence-corrected chi connectivity index (χ0v) is 18.0. The van der Waals surface area contributed by atoms with Crippen LogP contribution in [-0.4, -0.2) is 31.9 Å². The van der Waals surface area contributed by atoms with Crippen LogP contribution in [0, 0.1) is 12.7 Å². The fourth-order valence-corrected chi connectivity index (χ4v) is 4.40. The third kappa shape index (κ3) is 5.50. The number of rotatable bonds is 8. The quantitative estimate of drug-likeness (QED) is 0.541. The van der Waals surface area contributed by atoms with Gasteiger partial charge in [-0.25, -0.2) is 17.6 Å². The van der Waals surface area contributed by atoms with Gasteiger partial charge in [0.2, 0.25) is 5.91 Å². The minimum absolute atomic E-state index is 0.00151. The van der Waals surface area contributed by atoms with Crippen molar-refractivity contribution in [1.29, 1.82) is 0 Å². The summed E-state index contributed by atoms with van der Waals surface area (Å²) in [7, 11) is -4.16. The van der Waals surface area contributed by atoms with Gasteiger partial charge in [0.25, 0.3) is 10.0 Å². The van der Waals surface area contributed by atoms with Crippen LogP contribution in [0.15, 0.2) is 77.7 Å². The van der Waals surface area contributed by atoms with Crippen LogP contribution in [0.25, 0.3) is 0 Å². The summed E-state index contributed by atoms with van der Waals surface area (Å²) in [4.78, 5) is 23.7. The third-order valence-corrected chi connectivity index (χ3v) is 6.44. The molecule has 0 aromatic heterocycles. The molecule has 7 nitrogen and oxygen atoms in total. The Bertz CT molecular complexity index is 1240. The Morgan fingerprint density at radius 1 is 1.00 bits per heavy atom. The maximum atomic E-state index is 13.8. The second kappa shape index (κ2) is 9.61. The topological polar surface area (TPSA) is 104 Å². The number of amides is 1. The fraction of sp³-hybridized carbons (Fsp3) is 0.130. The van der Waals surface area contributed by atoms with Crippen LogP contribution in [0.3, 0.4) is 0 Å². The molecule has 0 aliphatic rings. The largest absolute Gasteiger partial charge is 0.478 e. The highest BCUT2D eigenvalue weighted by Gasteiger charge is 2.27. The van der Waals surface area contributed by atoms with Crippen molar-refractivity contribution in [2.75, 3.05) is 10.8 Å². The van der Waals surface area contributed by atoms with Gasteiger partial charge in [-0.1, -0.05) is 35.9 Å². The molecule has 9 heteroatoms. The van der Waals surface area contributed by atoms with Crippen LogP contribution in [-0.2, 0) is 21.4 Å². The second-order valence-corrected chi connectivity index (χ2v) is 8.95. The minimum atomic E-state index is -4.16. The molecule has 0 heterocycles. The van der Waals surface area contributed by atoms with Crippen LogP contribution in [0.5, 0.6) is 0 Å². The van der Waals surface area contributed by atoms with Crippen molar-refractivity contribution < 1.29 is 27.5 Å². The average molecular weight is 456 g/mol. The number of carboxylic acids is 1. The summed E-state index contributed by atoms with van der Waals surface area (Å²) in [5, 5.41) is 11.7. The molecule has 2 N–H and O–H groups in total. The number of hydrogen-bond donors (Lipinski definition) is 2. The number of carboxylic acid groups (broad SMARTS) is 1. The number of carbonyl (C=O) groups excluding carboxylic acids is 1. The van der Waals surface area contributed by atoms with Crippen molar-refractivity contribution in [3.05, 3.63) is 95.3 Å². The molecule has 0 saturated carbocycles. The Labute approximate surface area is 185 Å². The lowest BCUT2D eigenvalue weighted by molar-refractivity contribution is -0.119. The number of halogens is 1. The molecule has 0 spiro atoms. The van der Waals surface area contributed by atoms with E-state index in [-0.39, 0.29) is 22.7 Å². The smallest absolute Gasteiger partial charge is 0.335 e. The van der Waals surface area contributed by atoms with Gasteiger partial charge in [-0.3, -0.25) is 9.10 Å². The monoisotopic (exact) mass is 456 g/mol. The number of aromatic carboxylic acids is 1. The van der Waals surface area contributed by atoms with E-state index in [2.05, 4.69) is 5.32 Å². The number of nitrogens with zero attached hydrogens (tertiary/aromatic N) is 1. The van der Waals surface area contributed by atoms with Crippen molar-refractivity contribution in [3.63, 3.8) is 0 Å². The summed E-state index contributed by atoms with van der Waals surface area (Å²) in [6, 6.07) is 17.1. The van der Waals surface area contributed by atoms with E-state index < -0.39 is 34.3 Å². The zero-order chi connectivity index (χ0) is 23.3. The van der Waals surface area contributed by atoms with Gasteiger partial charge in [0, 0.05) is 6.54 Å². The Morgan fingerprint density at radius 3 is 2.34 bits per heavy atom. The van der Waals surface area contributed by atoms with Crippen LogP contribution in [0.1, 0.15) is 21.5 Å². The van der Waals surface area contributed by atoms with Gasteiger partial charge in [-0.15, -0.1) is 0 Å². The zero-order valence-electron chi connectivity index (χ0n) is 17.2. The molecule has 0 atom stereocenters. The molecule has 0 radical (unpaired) electrons. The van der Waals surface area contributed by atoms with E-state index >= 15 is 0 Å². The van der Waals surface area contributed by atoms with Crippen LogP contribution in [0.4, 0.5) is 10.1 Å². The Hall–Kier alpha value is -3.72. The Balaban J connectivity index is 1.84. The van der Waals surface area contributed by atoms with Crippen molar-refractivity contribution in [2.45, 2.75) is 18.4 Å². The summed E-state index contributed by atoms with van der Waals surface area (Å²) < 4.78 is 41.1. The molecule has 3 aromatic rings. The molecule has 1 amide bonds. The Kier molecular flexibility index (Phi) is 6.89. The van der Waals surface area contributed by atoms with Gasteiger partial charge in [0.1, 0.15) is 12.4 Å². The molecule has 0 aliphatic heterocycles. The number of hydrogen-bond acceptors (Lipinski definition) is 4. The van der Waals surface area contributed by atoms with E-state index in [0.29, 0.717) is 5.56 Å². The third-order valence-electron chi connectivity index (χ3n) is 4.66. The first kappa shape index (κ1) is 23.0. The van der Waals surface area contributed by atoms with Crippen molar-refractivity contribution in [1.82, 2.24) is 5.32 Å². The lowest BCUT2D eigenvalue weighted by Crippen LogP contribution is -2.40. The average Bonchev–Trinajstić information content (AvgIpc) is 2.76. The molecule has 3 aromatic carbocycles. The number of anilines is 1. The highest BCUT2D eigenvalue weighted by molar-refractivity contribution is 7.92. The van der Waals surface area contributed by atoms with Gasteiger partial charge in [-0.2, -0.15) is 0 Å². The molecule has 0 aliphatic carbocycles. The summed E-state index contributed by atoms with van der Waals surface area (Å²) in [5.74, 6) is -2.37. The highest BCUT2D eigenvalue weighted by Crippen LogP contribution is 2.24. The fourth-order valence-electron chi connectivity index (χ4n) is 2.99. The highest BCUT2D eigenvalue weighted by atomic mass is 32.2. The van der Waals surface area contributed by atoms with Crippen molar-refractivity contribution in [3.8, 4) is 0 Å². The normalized spacial score (nSPS) is 11.1. The van der Waals surface area contributed by atoms with E-state index in [9.17, 15) is 22.4 Å². The lowest BCUT2D eigenvalue weighted by Gasteiger charge is -2.24. The minimum Gasteiger partial charge on any atom is -0.478 e. The van der Waals surface area contributed by atoms with E-state index in [4.69, 9.17) is 5.11 Å². The van der Waals surface area contributed by atoms with Crippen LogP contribution >= 0.6 is 0 Å². The first-order chi connectivity index (χ1) is 15.2. The van der Waals surface area contributed by atoms with E-state index in [0.717, 1.165) is 15.9 Å². The maximum Gasteiger partial charge on any atom is 0.335 e. The predicted octanol–water partition coefficient (Wildman–Crippen LogP) is 3.34. The van der Waals surface area contributed by atoms with Crippen LogP contribution in [0.2, 0.25) is 0 Å². The van der Waals surface area contributed by atoms with E-state index in [1.165, 1.54) is 42.5 Å². The van der Waals surface area contributed by atoms with Crippen LogP contribution < -0.4 is 9.62 Å². The number of aryl methyl sites for hydroxylation is 1. The predicted molar refractivity (Wildman–Crippen MR) is 117 cm³/mol. The standard InChI is InChI=1S/C23H21FN2O5S/c1-16-8-10-21(11-9-16)32(30,31)26(20-7-3-6-19(24)13-20)15-22(27)25-14-17-4-2-5-18(12-17)23(28)29/h2-13H,14-15H2,1H3,(H,25,27)(H,28,29). The lowest BCUT2D eigenvalue weighted by atomic mass is 10.1. The SMILES string of the molecule is Cc1ccc(S(=O)(=O)N(CC(=O)NCc2cccc(C(=O)O)c2)c2cccc(F)c2)cc1. The van der Waals surface area contributed by atoms with Gasteiger partial charge < -0.3 is 10.4 Å². The number of sulfonamides is 1. The number of carbonyl (C=O) groups is 2. The number of nitrogens with one attached hydrogen (secondary N) is 1. The second-order valence-electron chi connectivity index (χ2n) is 7.09. The van der Waals surface area contributed by atoms with E-state index in [1.54, 1.807) is 24.3 Å². The summed E-state index contributed by atoms with van der Waals surface area (Å²) >= 11 is 0. The molecule has 3 rings (SSSR count). The van der Waals surface area contributed by atoms with Gasteiger partial charge in [-0.05, 0) is 55.0 Å². The van der Waals surface area contributed by atoms with Gasteiger partial charge >= 0.3 is 5.97 Å². The molecule has 0 fully saturated rings. The first-order valence-electron chi connectivity index (χ1n) is 9.61. The van der Waals surface area contributed by atoms with Crippen molar-refractivity contribution >= 4 is 27.6 Å². The molecule has 0 bridgehead atoms. The van der Waals surface area contributed by atoms with E-state index in [1.807, 2.05) is 6.92 Å². The molecule has 32 heavy (non-hydrogen) atoms. The molecular formula is C23H21FN2O5S. The summed E-state index contributed by atoms with van der Waals surface area (Å²) in [6.45, 7) is 1.23. The summed E-state index contributed by atoms with van der Waals surface area (Å²) in [6.07, 6.45) is 0. The van der Waals surface area contributed by atoms with Crippen molar-refractivity contribution in [2.24, 2.45) is 0 Å². The molecule has 166 valence electrons. The molecule has 0 saturated heterocycles. The number of benzene rings is 3. The van der Waals surface area contributed by atoms with Gasteiger partial charge in [0.15, 0.2) is 0 Å². The maximum absolute atomic E-state index is 13.8. The molecular weight excluding hydrogens is 435 g/mol. The molecule has 0 unspecified atom stereocenters. The first-order valence-corrected chi connectivity index (χ1v) is 11.0. The Morgan fingerprint density at radius 2 is 1.69 bits per heavy atom.